The fraction of sp³-hybridized carbons (Fsp3) is 0.476. The molecule has 188 valence electrons. The molecule has 0 bridgehead atoms. The lowest BCUT2D eigenvalue weighted by Gasteiger charge is -2.24. The Morgan fingerprint density at radius 1 is 0.912 bits per heavy atom. The van der Waals surface area contributed by atoms with Crippen LogP contribution in [0.15, 0.2) is 30.3 Å². The summed E-state index contributed by atoms with van der Waals surface area (Å²) in [6.07, 6.45) is 1.27. The van der Waals surface area contributed by atoms with E-state index >= 15 is 0 Å². The molecule has 0 aliphatic heterocycles. The molecule has 0 saturated heterocycles. The number of rotatable bonds is 15. The number of hydrogen-bond acceptors (Lipinski definition) is 8. The summed E-state index contributed by atoms with van der Waals surface area (Å²) < 4.78 is 0. The van der Waals surface area contributed by atoms with Crippen molar-refractivity contribution in [2.24, 2.45) is 5.73 Å². The number of carboxylic acid groups (broad SMARTS) is 2. The molecule has 4 unspecified atom stereocenters. The third kappa shape index (κ3) is 10.2. The first kappa shape index (κ1) is 28.9. The SMILES string of the molecule is CSCCC(NC(=O)C(N)CC(=O)O)C(=O)NC(CO)C(=O)NC(Cc1ccccc1)C(=O)O. The number of carbonyl (C=O) groups excluding carboxylic acids is 3. The van der Waals surface area contributed by atoms with Crippen LogP contribution >= 0.6 is 11.8 Å². The first-order chi connectivity index (χ1) is 16.1. The normalized spacial score (nSPS) is 14.2. The van der Waals surface area contributed by atoms with Crippen LogP contribution in [-0.2, 0) is 30.4 Å². The van der Waals surface area contributed by atoms with Crippen molar-refractivity contribution in [1.29, 1.82) is 0 Å². The van der Waals surface area contributed by atoms with Crippen LogP contribution in [0.2, 0.25) is 0 Å². The number of thioether (sulfide) groups is 1. The summed E-state index contributed by atoms with van der Waals surface area (Å²) in [6, 6.07) is 3.28. The van der Waals surface area contributed by atoms with Crippen molar-refractivity contribution in [2.45, 2.75) is 43.4 Å². The van der Waals surface area contributed by atoms with Gasteiger partial charge in [-0.25, -0.2) is 4.79 Å². The molecule has 13 heteroatoms. The summed E-state index contributed by atoms with van der Waals surface area (Å²) in [5, 5.41) is 34.8. The highest BCUT2D eigenvalue weighted by molar-refractivity contribution is 7.98. The Labute approximate surface area is 200 Å². The molecule has 0 spiro atoms. The zero-order chi connectivity index (χ0) is 25.7. The molecule has 0 saturated carbocycles. The van der Waals surface area contributed by atoms with Crippen LogP contribution in [0.1, 0.15) is 18.4 Å². The summed E-state index contributed by atoms with van der Waals surface area (Å²) in [7, 11) is 0. The third-order valence-corrected chi connectivity index (χ3v) is 5.33. The molecular formula is C21H30N4O8S. The van der Waals surface area contributed by atoms with Crippen LogP contribution in [0.4, 0.5) is 0 Å². The minimum absolute atomic E-state index is 0.0120. The largest absolute Gasteiger partial charge is 0.481 e. The van der Waals surface area contributed by atoms with Crippen LogP contribution in [-0.4, -0.2) is 87.8 Å². The fourth-order valence-corrected chi connectivity index (χ4v) is 3.32. The van der Waals surface area contributed by atoms with Gasteiger partial charge >= 0.3 is 11.9 Å². The molecule has 0 radical (unpaired) electrons. The zero-order valence-corrected chi connectivity index (χ0v) is 19.4. The second-order valence-corrected chi connectivity index (χ2v) is 8.37. The van der Waals surface area contributed by atoms with Gasteiger partial charge in [-0.05, 0) is 24.0 Å². The van der Waals surface area contributed by atoms with Gasteiger partial charge in [-0.3, -0.25) is 19.2 Å². The van der Waals surface area contributed by atoms with Crippen molar-refractivity contribution in [1.82, 2.24) is 16.0 Å². The number of carboxylic acids is 2. The number of amides is 3. The zero-order valence-electron chi connectivity index (χ0n) is 18.6. The van der Waals surface area contributed by atoms with Crippen molar-refractivity contribution in [2.75, 3.05) is 18.6 Å². The smallest absolute Gasteiger partial charge is 0.326 e. The molecule has 4 atom stereocenters. The van der Waals surface area contributed by atoms with Crippen LogP contribution in [0, 0.1) is 0 Å². The molecule has 0 aromatic heterocycles. The summed E-state index contributed by atoms with van der Waals surface area (Å²) >= 11 is 1.39. The summed E-state index contributed by atoms with van der Waals surface area (Å²) in [5.74, 6) is -4.72. The second-order valence-electron chi connectivity index (χ2n) is 7.38. The molecule has 0 aliphatic carbocycles. The molecule has 1 aromatic rings. The van der Waals surface area contributed by atoms with E-state index in [2.05, 4.69) is 16.0 Å². The maximum atomic E-state index is 12.7. The number of aliphatic hydroxyl groups excluding tert-OH is 1. The number of hydrogen-bond donors (Lipinski definition) is 7. The molecule has 34 heavy (non-hydrogen) atoms. The van der Waals surface area contributed by atoms with E-state index in [1.807, 2.05) is 0 Å². The van der Waals surface area contributed by atoms with Gasteiger partial charge in [0.15, 0.2) is 0 Å². The summed E-state index contributed by atoms with van der Waals surface area (Å²) in [5.41, 5.74) is 6.19. The fourth-order valence-electron chi connectivity index (χ4n) is 2.85. The van der Waals surface area contributed by atoms with Gasteiger partial charge in [-0.2, -0.15) is 11.8 Å². The monoisotopic (exact) mass is 498 g/mol. The van der Waals surface area contributed by atoms with Gasteiger partial charge in [0, 0.05) is 6.42 Å². The topological polar surface area (TPSA) is 208 Å². The van der Waals surface area contributed by atoms with Crippen LogP contribution in [0.3, 0.4) is 0 Å². The van der Waals surface area contributed by atoms with Crippen LogP contribution in [0.25, 0.3) is 0 Å². The number of aliphatic hydroxyl groups is 1. The summed E-state index contributed by atoms with van der Waals surface area (Å²) in [6.45, 7) is -0.822. The molecule has 0 fully saturated rings. The standard InChI is InChI=1S/C21H30N4O8S/c1-34-8-7-14(23-18(29)13(22)10-17(27)28)19(30)25-16(11-26)20(31)24-15(21(32)33)9-12-5-3-2-4-6-12/h2-6,13-16,26H,7-11,22H2,1H3,(H,23,29)(H,24,31)(H,25,30)(H,27,28)(H,32,33). The van der Waals surface area contributed by atoms with Gasteiger partial charge in [-0.1, -0.05) is 30.3 Å². The van der Waals surface area contributed by atoms with Crippen molar-refractivity contribution in [3.8, 4) is 0 Å². The molecule has 12 nitrogen and oxygen atoms in total. The highest BCUT2D eigenvalue weighted by Gasteiger charge is 2.30. The maximum absolute atomic E-state index is 12.7. The Morgan fingerprint density at radius 2 is 1.47 bits per heavy atom. The van der Waals surface area contributed by atoms with Gasteiger partial charge in [0.05, 0.1) is 19.1 Å². The van der Waals surface area contributed by atoms with Gasteiger partial charge in [-0.15, -0.1) is 0 Å². The Kier molecular flexibility index (Phi) is 12.6. The minimum Gasteiger partial charge on any atom is -0.481 e. The quantitative estimate of drug-likeness (QED) is 0.146. The second kappa shape index (κ2) is 14.9. The van der Waals surface area contributed by atoms with Crippen LogP contribution in [0.5, 0.6) is 0 Å². The van der Waals surface area contributed by atoms with Crippen molar-refractivity contribution < 1.29 is 39.3 Å². The Hall–Kier alpha value is -3.16. The van der Waals surface area contributed by atoms with Crippen LogP contribution < -0.4 is 21.7 Å². The molecule has 3 amide bonds. The number of nitrogens with one attached hydrogen (secondary N) is 3. The minimum atomic E-state index is -1.48. The first-order valence-electron chi connectivity index (χ1n) is 10.3. The van der Waals surface area contributed by atoms with Gasteiger partial charge in [0.1, 0.15) is 18.1 Å². The van der Waals surface area contributed by atoms with E-state index < -0.39 is 66.9 Å². The predicted octanol–water partition coefficient (Wildman–Crippen LogP) is -1.68. The molecule has 0 heterocycles. The molecule has 1 rings (SSSR count). The van der Waals surface area contributed by atoms with Crippen molar-refractivity contribution in [3.63, 3.8) is 0 Å². The van der Waals surface area contributed by atoms with Crippen molar-refractivity contribution in [3.05, 3.63) is 35.9 Å². The van der Waals surface area contributed by atoms with E-state index in [4.69, 9.17) is 10.8 Å². The van der Waals surface area contributed by atoms with E-state index in [9.17, 15) is 34.2 Å². The third-order valence-electron chi connectivity index (χ3n) is 4.69. The van der Waals surface area contributed by atoms with E-state index in [1.165, 1.54) is 11.8 Å². The number of carbonyl (C=O) groups is 5. The van der Waals surface area contributed by atoms with Gasteiger partial charge < -0.3 is 37.0 Å². The van der Waals surface area contributed by atoms with E-state index in [0.717, 1.165) is 0 Å². The first-order valence-corrected chi connectivity index (χ1v) is 11.7. The Bertz CT molecular complexity index is 854. The highest BCUT2D eigenvalue weighted by atomic mass is 32.2. The van der Waals surface area contributed by atoms with E-state index in [1.54, 1.807) is 36.6 Å². The van der Waals surface area contributed by atoms with Gasteiger partial charge in [0.25, 0.3) is 0 Å². The van der Waals surface area contributed by atoms with Crippen molar-refractivity contribution >= 4 is 41.4 Å². The Morgan fingerprint density at radius 3 is 2.00 bits per heavy atom. The highest BCUT2D eigenvalue weighted by Crippen LogP contribution is 2.05. The maximum Gasteiger partial charge on any atom is 0.326 e. The lowest BCUT2D eigenvalue weighted by molar-refractivity contribution is -0.142. The lowest BCUT2D eigenvalue weighted by Crippen LogP contribution is -2.58. The number of benzene rings is 1. The average Bonchev–Trinajstić information content (AvgIpc) is 2.79. The molecular weight excluding hydrogens is 468 g/mol. The number of aliphatic carboxylic acids is 2. The molecule has 8 N–H and O–H groups in total. The lowest BCUT2D eigenvalue weighted by atomic mass is 10.1. The van der Waals surface area contributed by atoms with Gasteiger partial charge in [0.2, 0.25) is 17.7 Å². The average molecular weight is 499 g/mol. The van der Waals surface area contributed by atoms with E-state index in [-0.39, 0.29) is 12.8 Å². The molecule has 1 aromatic carbocycles. The van der Waals surface area contributed by atoms with E-state index in [0.29, 0.717) is 11.3 Å². The predicted molar refractivity (Wildman–Crippen MR) is 124 cm³/mol. The molecule has 0 aliphatic rings. The Balaban J connectivity index is 2.84. The summed E-state index contributed by atoms with van der Waals surface area (Å²) in [4.78, 5) is 59.8. The number of nitrogens with two attached hydrogens (primary N) is 1.